The van der Waals surface area contributed by atoms with Crippen molar-refractivity contribution in [2.24, 2.45) is 0 Å². The molecule has 100 valence electrons. The van der Waals surface area contributed by atoms with Gasteiger partial charge in [-0.1, -0.05) is 0 Å². The number of nitrogens with one attached hydrogen (secondary N) is 1. The molecule has 1 aromatic rings. The third-order valence-electron chi connectivity index (χ3n) is 2.51. The number of nitrogens with zero attached hydrogens (tertiary/aromatic N) is 3. The average Bonchev–Trinajstić information content (AvgIpc) is 2.80. The highest BCUT2D eigenvalue weighted by Gasteiger charge is 2.33. The van der Waals surface area contributed by atoms with Gasteiger partial charge in [-0.15, -0.1) is 0 Å². The molecule has 7 heteroatoms. The molecule has 1 saturated heterocycles. The predicted octanol–water partition coefficient (Wildman–Crippen LogP) is 1.11. The molecule has 18 heavy (non-hydrogen) atoms. The standard InChI is InChI=1S/C11H18N4O3/c1-11(2,3)18-10(16)15-4-5-17-6-8(15)9-12-7-13-14-9/h7-8H,4-6H2,1-3H3,(H,12,13,14)/t8-/m0/s1. The summed E-state index contributed by atoms with van der Waals surface area (Å²) in [5, 5.41) is 6.56. The van der Waals surface area contributed by atoms with Gasteiger partial charge < -0.3 is 9.47 Å². The number of hydrogen-bond acceptors (Lipinski definition) is 5. The Morgan fingerprint density at radius 3 is 3.00 bits per heavy atom. The molecule has 1 atom stereocenters. The molecule has 0 aromatic carbocycles. The van der Waals surface area contributed by atoms with E-state index in [1.54, 1.807) is 4.90 Å². The highest BCUT2D eigenvalue weighted by Crippen LogP contribution is 2.23. The van der Waals surface area contributed by atoms with Gasteiger partial charge in [-0.2, -0.15) is 5.10 Å². The zero-order valence-electron chi connectivity index (χ0n) is 10.8. The number of amides is 1. The van der Waals surface area contributed by atoms with Crippen LogP contribution in [-0.2, 0) is 9.47 Å². The summed E-state index contributed by atoms with van der Waals surface area (Å²) in [4.78, 5) is 17.8. The van der Waals surface area contributed by atoms with Gasteiger partial charge in [0.05, 0.1) is 13.2 Å². The number of morpholine rings is 1. The molecule has 1 N–H and O–H groups in total. The second-order valence-electron chi connectivity index (χ2n) is 5.14. The van der Waals surface area contributed by atoms with Gasteiger partial charge in [0, 0.05) is 6.54 Å². The van der Waals surface area contributed by atoms with Gasteiger partial charge in [-0.3, -0.25) is 10.00 Å². The van der Waals surface area contributed by atoms with Crippen molar-refractivity contribution in [1.29, 1.82) is 0 Å². The lowest BCUT2D eigenvalue weighted by molar-refractivity contribution is -0.0350. The minimum absolute atomic E-state index is 0.268. The Hall–Kier alpha value is -1.63. The van der Waals surface area contributed by atoms with E-state index in [-0.39, 0.29) is 12.1 Å². The molecule has 0 aliphatic carbocycles. The Morgan fingerprint density at radius 2 is 2.39 bits per heavy atom. The molecule has 7 nitrogen and oxygen atoms in total. The van der Waals surface area contributed by atoms with Crippen molar-refractivity contribution < 1.29 is 14.3 Å². The van der Waals surface area contributed by atoms with Crippen LogP contribution in [0.2, 0.25) is 0 Å². The van der Waals surface area contributed by atoms with Crippen LogP contribution in [0, 0.1) is 0 Å². The summed E-state index contributed by atoms with van der Waals surface area (Å²) in [6, 6.07) is -0.268. The van der Waals surface area contributed by atoms with Crippen molar-refractivity contribution >= 4 is 6.09 Å². The van der Waals surface area contributed by atoms with Crippen molar-refractivity contribution in [3.8, 4) is 0 Å². The van der Waals surface area contributed by atoms with Crippen LogP contribution >= 0.6 is 0 Å². The Morgan fingerprint density at radius 1 is 1.61 bits per heavy atom. The summed E-state index contributed by atoms with van der Waals surface area (Å²) in [6.07, 6.45) is 1.06. The van der Waals surface area contributed by atoms with Crippen LogP contribution in [0.25, 0.3) is 0 Å². The fraction of sp³-hybridized carbons (Fsp3) is 0.727. The Labute approximate surface area is 105 Å². The SMILES string of the molecule is CC(C)(C)OC(=O)N1CCOC[C@H]1c1ncn[nH]1. The topological polar surface area (TPSA) is 80.3 Å². The molecular weight excluding hydrogens is 236 g/mol. The van der Waals surface area contributed by atoms with E-state index in [1.807, 2.05) is 20.8 Å². The van der Waals surface area contributed by atoms with Crippen LogP contribution in [-0.4, -0.2) is 51.5 Å². The molecular formula is C11H18N4O3. The van der Waals surface area contributed by atoms with Crippen molar-refractivity contribution in [2.75, 3.05) is 19.8 Å². The van der Waals surface area contributed by atoms with E-state index in [0.29, 0.717) is 25.6 Å². The number of ether oxygens (including phenoxy) is 2. The number of aromatic nitrogens is 3. The Bertz CT molecular complexity index is 399. The maximum atomic E-state index is 12.1. The summed E-state index contributed by atoms with van der Waals surface area (Å²) in [6.45, 7) is 6.91. The first-order chi connectivity index (χ1) is 8.47. The maximum absolute atomic E-state index is 12.1. The van der Waals surface area contributed by atoms with Gasteiger partial charge in [0.25, 0.3) is 0 Å². The van der Waals surface area contributed by atoms with Crippen LogP contribution in [0.15, 0.2) is 6.33 Å². The zero-order chi connectivity index (χ0) is 13.2. The number of carbonyl (C=O) groups excluding carboxylic acids is 1. The molecule has 0 radical (unpaired) electrons. The van der Waals surface area contributed by atoms with Crippen LogP contribution in [0.3, 0.4) is 0 Å². The summed E-state index contributed by atoms with van der Waals surface area (Å²) in [5.41, 5.74) is -0.513. The smallest absolute Gasteiger partial charge is 0.411 e. The van der Waals surface area contributed by atoms with Gasteiger partial charge in [-0.05, 0) is 20.8 Å². The third-order valence-corrected chi connectivity index (χ3v) is 2.51. The minimum Gasteiger partial charge on any atom is -0.444 e. The van der Waals surface area contributed by atoms with Crippen molar-refractivity contribution in [1.82, 2.24) is 20.1 Å². The van der Waals surface area contributed by atoms with E-state index >= 15 is 0 Å². The molecule has 2 rings (SSSR count). The molecule has 0 spiro atoms. The molecule has 0 saturated carbocycles. The van der Waals surface area contributed by atoms with Crippen LogP contribution in [0.4, 0.5) is 4.79 Å². The van der Waals surface area contributed by atoms with E-state index in [2.05, 4.69) is 15.2 Å². The third kappa shape index (κ3) is 2.98. The first-order valence-electron chi connectivity index (χ1n) is 5.90. The summed E-state index contributed by atoms with van der Waals surface area (Å²) >= 11 is 0. The summed E-state index contributed by atoms with van der Waals surface area (Å²) < 4.78 is 10.8. The summed E-state index contributed by atoms with van der Waals surface area (Å²) in [7, 11) is 0. The Kier molecular flexibility index (Phi) is 3.51. The fourth-order valence-corrected chi connectivity index (χ4v) is 1.74. The quantitative estimate of drug-likeness (QED) is 0.812. The lowest BCUT2D eigenvalue weighted by Crippen LogP contribution is -2.46. The van der Waals surface area contributed by atoms with E-state index in [0.717, 1.165) is 0 Å². The second kappa shape index (κ2) is 4.93. The lowest BCUT2D eigenvalue weighted by atomic mass is 10.2. The molecule has 1 fully saturated rings. The van der Waals surface area contributed by atoms with E-state index < -0.39 is 5.60 Å². The maximum Gasteiger partial charge on any atom is 0.411 e. The second-order valence-corrected chi connectivity index (χ2v) is 5.14. The van der Waals surface area contributed by atoms with Gasteiger partial charge in [0.2, 0.25) is 0 Å². The average molecular weight is 254 g/mol. The van der Waals surface area contributed by atoms with E-state index in [1.165, 1.54) is 6.33 Å². The highest BCUT2D eigenvalue weighted by atomic mass is 16.6. The van der Waals surface area contributed by atoms with E-state index in [4.69, 9.17) is 9.47 Å². The molecule has 1 aliphatic heterocycles. The monoisotopic (exact) mass is 254 g/mol. The first kappa shape index (κ1) is 12.8. The number of hydrogen-bond donors (Lipinski definition) is 1. The normalized spacial score (nSPS) is 20.8. The summed E-state index contributed by atoms with van der Waals surface area (Å²) in [5.74, 6) is 0.612. The number of aromatic amines is 1. The predicted molar refractivity (Wildman–Crippen MR) is 62.9 cm³/mol. The van der Waals surface area contributed by atoms with Crippen LogP contribution in [0.5, 0.6) is 0 Å². The van der Waals surface area contributed by atoms with Gasteiger partial charge in [0.1, 0.15) is 23.8 Å². The molecule has 0 unspecified atom stereocenters. The van der Waals surface area contributed by atoms with Gasteiger partial charge in [-0.25, -0.2) is 9.78 Å². The molecule has 0 bridgehead atoms. The molecule has 1 amide bonds. The van der Waals surface area contributed by atoms with Crippen LogP contribution < -0.4 is 0 Å². The van der Waals surface area contributed by atoms with E-state index in [9.17, 15) is 4.79 Å². The van der Waals surface area contributed by atoms with Crippen molar-refractivity contribution in [2.45, 2.75) is 32.4 Å². The fourth-order valence-electron chi connectivity index (χ4n) is 1.74. The highest BCUT2D eigenvalue weighted by molar-refractivity contribution is 5.68. The van der Waals surface area contributed by atoms with Gasteiger partial charge in [0.15, 0.2) is 0 Å². The first-order valence-corrected chi connectivity index (χ1v) is 5.90. The lowest BCUT2D eigenvalue weighted by Gasteiger charge is -2.35. The van der Waals surface area contributed by atoms with Crippen molar-refractivity contribution in [3.63, 3.8) is 0 Å². The number of H-pyrrole nitrogens is 1. The molecule has 2 heterocycles. The van der Waals surface area contributed by atoms with Crippen molar-refractivity contribution in [3.05, 3.63) is 12.2 Å². The molecule has 1 aromatic heterocycles. The minimum atomic E-state index is -0.513. The zero-order valence-corrected chi connectivity index (χ0v) is 10.8. The van der Waals surface area contributed by atoms with Crippen LogP contribution in [0.1, 0.15) is 32.6 Å². The number of rotatable bonds is 1. The Balaban J connectivity index is 2.11. The number of carbonyl (C=O) groups is 1. The molecule has 1 aliphatic rings. The largest absolute Gasteiger partial charge is 0.444 e. The van der Waals surface area contributed by atoms with Gasteiger partial charge >= 0.3 is 6.09 Å².